The van der Waals surface area contributed by atoms with Crippen molar-refractivity contribution in [2.45, 2.75) is 52.6 Å². The molecule has 2 atom stereocenters. The molecule has 0 N–H and O–H groups in total. The Kier molecular flexibility index (Phi) is 4.56. The predicted molar refractivity (Wildman–Crippen MR) is 94.7 cm³/mol. The predicted octanol–water partition coefficient (Wildman–Crippen LogP) is 2.58. The average molecular weight is 358 g/mol. The van der Waals surface area contributed by atoms with Gasteiger partial charge in [0, 0.05) is 44.2 Å². The standard InChI is InChI=1S/C19H26N4O3/c1-4-17-18(20-11-25-17)19(24)23-8-14-5-6-15(23)9-22(7-14)10-16-12(2)21-26-13(16)3/h11,14-15H,4-10H2,1-3H3. The van der Waals surface area contributed by atoms with Crippen LogP contribution in [0.2, 0.25) is 0 Å². The Morgan fingerprint density at radius 1 is 1.27 bits per heavy atom. The summed E-state index contributed by atoms with van der Waals surface area (Å²) < 4.78 is 10.7. The van der Waals surface area contributed by atoms with E-state index in [1.807, 2.05) is 25.7 Å². The maximum Gasteiger partial charge on any atom is 0.276 e. The summed E-state index contributed by atoms with van der Waals surface area (Å²) >= 11 is 0. The Balaban J connectivity index is 1.52. The zero-order valence-corrected chi connectivity index (χ0v) is 15.7. The third-order valence-electron chi connectivity index (χ3n) is 5.78. The first-order valence-corrected chi connectivity index (χ1v) is 9.44. The molecule has 1 amide bonds. The molecule has 2 unspecified atom stereocenters. The molecule has 7 nitrogen and oxygen atoms in total. The van der Waals surface area contributed by atoms with Crippen LogP contribution >= 0.6 is 0 Å². The summed E-state index contributed by atoms with van der Waals surface area (Å²) in [5.41, 5.74) is 2.62. The van der Waals surface area contributed by atoms with Crippen LogP contribution < -0.4 is 0 Å². The zero-order chi connectivity index (χ0) is 18.3. The van der Waals surface area contributed by atoms with Crippen molar-refractivity contribution in [2.24, 2.45) is 5.92 Å². The maximum atomic E-state index is 13.1. The molecule has 3 aliphatic heterocycles. The van der Waals surface area contributed by atoms with E-state index < -0.39 is 0 Å². The largest absolute Gasteiger partial charge is 0.448 e. The van der Waals surface area contributed by atoms with Gasteiger partial charge in [-0.1, -0.05) is 12.1 Å². The van der Waals surface area contributed by atoms with Crippen LogP contribution in [-0.4, -0.2) is 51.5 Å². The van der Waals surface area contributed by atoms with Crippen molar-refractivity contribution in [3.05, 3.63) is 34.9 Å². The lowest BCUT2D eigenvalue weighted by Crippen LogP contribution is -2.47. The lowest BCUT2D eigenvalue weighted by molar-refractivity contribution is 0.0577. The van der Waals surface area contributed by atoms with Gasteiger partial charge in [0.05, 0.1) is 5.69 Å². The highest BCUT2D eigenvalue weighted by Crippen LogP contribution is 2.31. The van der Waals surface area contributed by atoms with Crippen LogP contribution in [0.25, 0.3) is 0 Å². The molecular weight excluding hydrogens is 332 g/mol. The minimum Gasteiger partial charge on any atom is -0.448 e. The number of fused-ring (bicyclic) bond motifs is 4. The van der Waals surface area contributed by atoms with Crippen LogP contribution in [0, 0.1) is 19.8 Å². The molecule has 5 rings (SSSR count). The van der Waals surface area contributed by atoms with Crippen molar-refractivity contribution in [1.82, 2.24) is 19.9 Å². The van der Waals surface area contributed by atoms with E-state index in [9.17, 15) is 4.79 Å². The molecule has 2 aromatic heterocycles. The molecule has 7 heteroatoms. The van der Waals surface area contributed by atoms with E-state index in [-0.39, 0.29) is 11.9 Å². The van der Waals surface area contributed by atoms with Gasteiger partial charge < -0.3 is 13.8 Å². The molecule has 26 heavy (non-hydrogen) atoms. The van der Waals surface area contributed by atoms with Gasteiger partial charge in [0.15, 0.2) is 12.1 Å². The Bertz CT molecular complexity index is 777. The molecule has 2 bridgehead atoms. The monoisotopic (exact) mass is 358 g/mol. The molecule has 3 aliphatic rings. The number of aryl methyl sites for hydroxylation is 3. The lowest BCUT2D eigenvalue weighted by atomic mass is 9.94. The fraction of sp³-hybridized carbons (Fsp3) is 0.632. The van der Waals surface area contributed by atoms with Gasteiger partial charge in [-0.25, -0.2) is 4.98 Å². The van der Waals surface area contributed by atoms with E-state index in [1.165, 1.54) is 18.4 Å². The highest BCUT2D eigenvalue weighted by atomic mass is 16.5. The van der Waals surface area contributed by atoms with Crippen LogP contribution in [0.3, 0.4) is 0 Å². The maximum absolute atomic E-state index is 13.1. The lowest BCUT2D eigenvalue weighted by Gasteiger charge is -2.35. The molecular formula is C19H26N4O3. The van der Waals surface area contributed by atoms with E-state index in [1.54, 1.807) is 0 Å². The Morgan fingerprint density at radius 3 is 2.85 bits per heavy atom. The average Bonchev–Trinajstić information content (AvgIpc) is 3.12. The SMILES string of the molecule is CCc1ocnc1C(=O)N1CC2CCC1CN(Cc1c(C)noc1C)C2. The minimum atomic E-state index is 0.0180. The molecule has 0 saturated carbocycles. The molecule has 0 aromatic carbocycles. The molecule has 5 heterocycles. The zero-order valence-electron chi connectivity index (χ0n) is 15.7. The molecule has 3 fully saturated rings. The molecule has 0 spiro atoms. The molecule has 140 valence electrons. The van der Waals surface area contributed by atoms with Gasteiger partial charge in [-0.3, -0.25) is 9.69 Å². The van der Waals surface area contributed by atoms with Gasteiger partial charge in [0.25, 0.3) is 5.91 Å². The minimum absolute atomic E-state index is 0.0180. The summed E-state index contributed by atoms with van der Waals surface area (Å²) in [5.74, 6) is 2.09. The molecule has 0 radical (unpaired) electrons. The summed E-state index contributed by atoms with van der Waals surface area (Å²) in [4.78, 5) is 21.7. The number of aromatic nitrogens is 2. The van der Waals surface area contributed by atoms with Crippen molar-refractivity contribution in [3.63, 3.8) is 0 Å². The van der Waals surface area contributed by atoms with E-state index in [2.05, 4.69) is 15.0 Å². The van der Waals surface area contributed by atoms with Crippen molar-refractivity contribution >= 4 is 5.91 Å². The summed E-state index contributed by atoms with van der Waals surface area (Å²) in [6, 6.07) is 0.225. The number of nitrogens with zero attached hydrogens (tertiary/aromatic N) is 4. The van der Waals surface area contributed by atoms with Crippen molar-refractivity contribution in [3.8, 4) is 0 Å². The van der Waals surface area contributed by atoms with Gasteiger partial charge >= 0.3 is 0 Å². The number of amides is 1. The Labute approximate surface area is 153 Å². The van der Waals surface area contributed by atoms with Gasteiger partial charge in [-0.15, -0.1) is 0 Å². The van der Waals surface area contributed by atoms with E-state index in [0.717, 1.165) is 44.1 Å². The summed E-state index contributed by atoms with van der Waals surface area (Å²) in [6.07, 6.45) is 4.28. The number of oxazole rings is 1. The fourth-order valence-electron chi connectivity index (χ4n) is 4.34. The number of hydrogen-bond acceptors (Lipinski definition) is 6. The van der Waals surface area contributed by atoms with E-state index >= 15 is 0 Å². The number of carbonyl (C=O) groups is 1. The van der Waals surface area contributed by atoms with Crippen LogP contribution in [-0.2, 0) is 13.0 Å². The quantitative estimate of drug-likeness (QED) is 0.836. The van der Waals surface area contributed by atoms with Crippen molar-refractivity contribution < 1.29 is 13.7 Å². The van der Waals surface area contributed by atoms with Gasteiger partial charge in [-0.05, 0) is 32.6 Å². The summed E-state index contributed by atoms with van der Waals surface area (Å²) in [6.45, 7) is 9.46. The second-order valence-corrected chi connectivity index (χ2v) is 7.53. The summed E-state index contributed by atoms with van der Waals surface area (Å²) in [7, 11) is 0. The van der Waals surface area contributed by atoms with Gasteiger partial charge in [0.1, 0.15) is 11.5 Å². The van der Waals surface area contributed by atoms with Crippen LogP contribution in [0.1, 0.15) is 53.0 Å². The Hall–Kier alpha value is -2.15. The number of rotatable bonds is 4. The molecule has 3 saturated heterocycles. The summed E-state index contributed by atoms with van der Waals surface area (Å²) in [5, 5.41) is 4.07. The smallest absolute Gasteiger partial charge is 0.276 e. The number of hydrogen-bond donors (Lipinski definition) is 0. The second-order valence-electron chi connectivity index (χ2n) is 7.53. The van der Waals surface area contributed by atoms with Gasteiger partial charge in [-0.2, -0.15) is 0 Å². The first-order valence-electron chi connectivity index (χ1n) is 9.44. The van der Waals surface area contributed by atoms with Crippen LogP contribution in [0.4, 0.5) is 0 Å². The highest BCUT2D eigenvalue weighted by Gasteiger charge is 2.39. The first-order chi connectivity index (χ1) is 12.6. The molecule has 2 aromatic rings. The first kappa shape index (κ1) is 17.3. The highest BCUT2D eigenvalue weighted by molar-refractivity contribution is 5.93. The number of carbonyl (C=O) groups excluding carboxylic acids is 1. The van der Waals surface area contributed by atoms with Crippen molar-refractivity contribution in [1.29, 1.82) is 0 Å². The normalized spacial score (nSPS) is 23.4. The third-order valence-corrected chi connectivity index (χ3v) is 5.78. The second kappa shape index (κ2) is 6.87. The van der Waals surface area contributed by atoms with Crippen LogP contribution in [0.5, 0.6) is 0 Å². The number of piperidine rings is 1. The Morgan fingerprint density at radius 2 is 2.12 bits per heavy atom. The fourth-order valence-corrected chi connectivity index (χ4v) is 4.34. The van der Waals surface area contributed by atoms with E-state index in [4.69, 9.17) is 8.94 Å². The van der Waals surface area contributed by atoms with Crippen LogP contribution in [0.15, 0.2) is 15.3 Å². The van der Waals surface area contributed by atoms with Gasteiger partial charge in [0.2, 0.25) is 0 Å². The topological polar surface area (TPSA) is 75.6 Å². The third kappa shape index (κ3) is 3.05. The van der Waals surface area contributed by atoms with E-state index in [0.29, 0.717) is 23.8 Å². The molecule has 0 aliphatic carbocycles. The van der Waals surface area contributed by atoms with Crippen molar-refractivity contribution in [2.75, 3.05) is 19.6 Å².